The number of hydrogen-bond donors (Lipinski definition) is 0. The molecule has 0 aromatic carbocycles. The van der Waals surface area contributed by atoms with Crippen LogP contribution in [0.5, 0.6) is 5.75 Å². The van der Waals surface area contributed by atoms with Crippen molar-refractivity contribution < 1.29 is 18.3 Å². The molecule has 0 saturated heterocycles. The molecule has 0 spiro atoms. The zero-order chi connectivity index (χ0) is 10.7. The maximum atomic E-state index is 12.6. The fourth-order valence-corrected chi connectivity index (χ4v) is 1.20. The van der Waals surface area contributed by atoms with Crippen molar-refractivity contribution >= 4 is 6.29 Å². The first-order valence-electron chi connectivity index (χ1n) is 3.88. The van der Waals surface area contributed by atoms with E-state index in [2.05, 4.69) is 4.98 Å². The van der Waals surface area contributed by atoms with Gasteiger partial charge in [-0.2, -0.15) is 0 Å². The molecule has 0 atom stereocenters. The summed E-state index contributed by atoms with van der Waals surface area (Å²) in [6.45, 7) is 1.59. The predicted octanol–water partition coefficient (Wildman–Crippen LogP) is 2.15. The van der Waals surface area contributed by atoms with Crippen LogP contribution in [0, 0.1) is 6.92 Å². The molecule has 0 fully saturated rings. The molecule has 0 amide bonds. The number of aldehydes is 1. The van der Waals surface area contributed by atoms with E-state index in [9.17, 15) is 13.6 Å². The molecule has 0 aliphatic rings. The maximum absolute atomic E-state index is 12.6. The molecule has 0 aliphatic carbocycles. The highest BCUT2D eigenvalue weighted by molar-refractivity contribution is 5.76. The highest BCUT2D eigenvalue weighted by Crippen LogP contribution is 2.32. The summed E-state index contributed by atoms with van der Waals surface area (Å²) in [5.74, 6) is 0.0251. The highest BCUT2D eigenvalue weighted by Gasteiger charge is 2.21. The molecule has 0 unspecified atom stereocenters. The van der Waals surface area contributed by atoms with E-state index < -0.39 is 12.0 Å². The fraction of sp³-hybridized carbons (Fsp3) is 0.333. The van der Waals surface area contributed by atoms with Crippen LogP contribution in [0.3, 0.4) is 0 Å². The van der Waals surface area contributed by atoms with Crippen molar-refractivity contribution in [1.82, 2.24) is 4.98 Å². The van der Waals surface area contributed by atoms with Crippen LogP contribution in [0.2, 0.25) is 0 Å². The Morgan fingerprint density at radius 3 is 2.64 bits per heavy atom. The normalized spacial score (nSPS) is 10.4. The molecule has 1 rings (SSSR count). The number of pyridine rings is 1. The number of carbonyl (C=O) groups excluding carboxylic acids is 1. The highest BCUT2D eigenvalue weighted by atomic mass is 19.3. The molecule has 0 saturated carbocycles. The molecular formula is C9H9F2NO2. The summed E-state index contributed by atoms with van der Waals surface area (Å²) in [6.07, 6.45) is -1.14. The monoisotopic (exact) mass is 201 g/mol. The van der Waals surface area contributed by atoms with Gasteiger partial charge in [-0.1, -0.05) is 0 Å². The van der Waals surface area contributed by atoms with E-state index >= 15 is 0 Å². The summed E-state index contributed by atoms with van der Waals surface area (Å²) in [4.78, 5) is 14.1. The van der Waals surface area contributed by atoms with Gasteiger partial charge in [-0.25, -0.2) is 8.78 Å². The molecule has 5 heteroatoms. The minimum absolute atomic E-state index is 0.0251. The van der Waals surface area contributed by atoms with Crippen LogP contribution in [-0.4, -0.2) is 18.4 Å². The number of hydrogen-bond acceptors (Lipinski definition) is 3. The van der Waals surface area contributed by atoms with Gasteiger partial charge in [0.05, 0.1) is 12.7 Å². The SMILES string of the molecule is COc1c(C)cnc(C=O)c1C(F)F. The Balaban J connectivity index is 3.43. The number of methoxy groups -OCH3 is 1. The smallest absolute Gasteiger partial charge is 0.269 e. The summed E-state index contributed by atoms with van der Waals surface area (Å²) in [6, 6.07) is 0. The lowest BCUT2D eigenvalue weighted by molar-refractivity contribution is 0.109. The van der Waals surface area contributed by atoms with E-state index in [0.29, 0.717) is 11.8 Å². The summed E-state index contributed by atoms with van der Waals surface area (Å²) >= 11 is 0. The molecular weight excluding hydrogens is 192 g/mol. The fourth-order valence-electron chi connectivity index (χ4n) is 1.20. The third-order valence-corrected chi connectivity index (χ3v) is 1.81. The number of carbonyl (C=O) groups is 1. The van der Waals surface area contributed by atoms with Gasteiger partial charge in [0, 0.05) is 11.8 Å². The van der Waals surface area contributed by atoms with E-state index in [4.69, 9.17) is 4.74 Å². The predicted molar refractivity (Wildman–Crippen MR) is 45.9 cm³/mol. The van der Waals surface area contributed by atoms with Crippen LogP contribution in [0.1, 0.15) is 28.0 Å². The second-order valence-corrected chi connectivity index (χ2v) is 2.69. The van der Waals surface area contributed by atoms with Crippen molar-refractivity contribution in [2.75, 3.05) is 7.11 Å². The first-order chi connectivity index (χ1) is 6.61. The zero-order valence-corrected chi connectivity index (χ0v) is 7.75. The summed E-state index contributed by atoms with van der Waals surface area (Å²) in [5, 5.41) is 0. The van der Waals surface area contributed by atoms with Crippen molar-refractivity contribution in [2.24, 2.45) is 0 Å². The van der Waals surface area contributed by atoms with Crippen molar-refractivity contribution in [2.45, 2.75) is 13.3 Å². The number of nitrogens with zero attached hydrogens (tertiary/aromatic N) is 1. The standard InChI is InChI=1S/C9H9F2NO2/c1-5-3-12-6(4-13)7(9(10)11)8(5)14-2/h3-4,9H,1-2H3. The Hall–Kier alpha value is -1.52. The molecule has 0 radical (unpaired) electrons. The van der Waals surface area contributed by atoms with E-state index in [1.165, 1.54) is 13.3 Å². The summed E-state index contributed by atoms with van der Waals surface area (Å²) in [5.41, 5.74) is -0.238. The zero-order valence-electron chi connectivity index (χ0n) is 7.75. The molecule has 1 aromatic rings. The van der Waals surface area contributed by atoms with Gasteiger partial charge in [0.15, 0.2) is 6.29 Å². The second kappa shape index (κ2) is 4.13. The van der Waals surface area contributed by atoms with Gasteiger partial charge in [-0.15, -0.1) is 0 Å². The minimum atomic E-state index is -2.77. The number of rotatable bonds is 3. The lowest BCUT2D eigenvalue weighted by atomic mass is 10.1. The summed E-state index contributed by atoms with van der Waals surface area (Å²) < 4.78 is 29.9. The molecule has 0 N–H and O–H groups in total. The molecule has 1 aromatic heterocycles. The van der Waals surface area contributed by atoms with E-state index in [1.54, 1.807) is 6.92 Å². The Labute approximate surface area is 79.7 Å². The lowest BCUT2D eigenvalue weighted by Gasteiger charge is -2.11. The average Bonchev–Trinajstić information content (AvgIpc) is 2.17. The first kappa shape index (κ1) is 10.6. The second-order valence-electron chi connectivity index (χ2n) is 2.69. The third-order valence-electron chi connectivity index (χ3n) is 1.81. The van der Waals surface area contributed by atoms with Crippen LogP contribution in [-0.2, 0) is 0 Å². The lowest BCUT2D eigenvalue weighted by Crippen LogP contribution is -2.02. The summed E-state index contributed by atoms with van der Waals surface area (Å²) in [7, 11) is 1.28. The van der Waals surface area contributed by atoms with Crippen molar-refractivity contribution in [3.63, 3.8) is 0 Å². The van der Waals surface area contributed by atoms with Crippen molar-refractivity contribution in [3.8, 4) is 5.75 Å². The Bertz CT molecular complexity index is 353. The average molecular weight is 201 g/mol. The van der Waals surface area contributed by atoms with Gasteiger partial charge in [0.25, 0.3) is 6.43 Å². The molecule has 0 aliphatic heterocycles. The van der Waals surface area contributed by atoms with Gasteiger partial charge >= 0.3 is 0 Å². The largest absolute Gasteiger partial charge is 0.496 e. The van der Waals surface area contributed by atoms with E-state index in [0.717, 1.165) is 0 Å². The van der Waals surface area contributed by atoms with Gasteiger partial charge in [-0.3, -0.25) is 9.78 Å². The number of alkyl halides is 2. The van der Waals surface area contributed by atoms with Crippen molar-refractivity contribution in [3.05, 3.63) is 23.0 Å². The topological polar surface area (TPSA) is 39.2 Å². The van der Waals surface area contributed by atoms with Crippen LogP contribution in [0.25, 0.3) is 0 Å². The number of halogens is 2. The maximum Gasteiger partial charge on any atom is 0.269 e. The number of aryl methyl sites for hydroxylation is 1. The van der Waals surface area contributed by atoms with Gasteiger partial charge in [0.2, 0.25) is 0 Å². The Kier molecular flexibility index (Phi) is 3.11. The molecule has 1 heterocycles. The number of ether oxygens (including phenoxy) is 1. The molecule has 3 nitrogen and oxygen atoms in total. The van der Waals surface area contributed by atoms with Crippen molar-refractivity contribution in [1.29, 1.82) is 0 Å². The van der Waals surface area contributed by atoms with E-state index in [-0.39, 0.29) is 11.4 Å². The number of aromatic nitrogens is 1. The van der Waals surface area contributed by atoms with Gasteiger partial charge in [0.1, 0.15) is 11.4 Å². The minimum Gasteiger partial charge on any atom is -0.496 e. The van der Waals surface area contributed by atoms with E-state index in [1.807, 2.05) is 0 Å². The molecule has 76 valence electrons. The quantitative estimate of drug-likeness (QED) is 0.703. The first-order valence-corrected chi connectivity index (χ1v) is 3.88. The molecule has 14 heavy (non-hydrogen) atoms. The van der Waals surface area contributed by atoms with Crippen LogP contribution < -0.4 is 4.74 Å². The van der Waals surface area contributed by atoms with Crippen LogP contribution in [0.4, 0.5) is 8.78 Å². The Morgan fingerprint density at radius 1 is 1.57 bits per heavy atom. The van der Waals surface area contributed by atoms with Crippen LogP contribution in [0.15, 0.2) is 6.20 Å². The van der Waals surface area contributed by atoms with Crippen LogP contribution >= 0.6 is 0 Å². The van der Waals surface area contributed by atoms with Gasteiger partial charge in [-0.05, 0) is 6.92 Å². The Morgan fingerprint density at radius 2 is 2.21 bits per heavy atom. The third kappa shape index (κ3) is 1.71. The van der Waals surface area contributed by atoms with Gasteiger partial charge < -0.3 is 4.74 Å². The molecule has 0 bridgehead atoms.